The summed E-state index contributed by atoms with van der Waals surface area (Å²) in [7, 11) is 0. The Morgan fingerprint density at radius 2 is 1.97 bits per heavy atom. The second kappa shape index (κ2) is 6.99. The number of anilines is 1. The molecule has 0 atom stereocenters. The largest absolute Gasteiger partial charge is 0.320 e. The highest BCUT2D eigenvalue weighted by Gasteiger charge is 2.17. The van der Waals surface area contributed by atoms with Crippen LogP contribution in [0.1, 0.15) is 15.4 Å². The molecule has 29 heavy (non-hydrogen) atoms. The summed E-state index contributed by atoms with van der Waals surface area (Å²) in [6.45, 7) is 1.95. The van der Waals surface area contributed by atoms with Crippen molar-refractivity contribution < 1.29 is 4.79 Å². The molecule has 142 valence electrons. The van der Waals surface area contributed by atoms with Crippen molar-refractivity contribution in [2.75, 3.05) is 5.32 Å². The highest BCUT2D eigenvalue weighted by molar-refractivity contribution is 7.20. The van der Waals surface area contributed by atoms with Crippen molar-refractivity contribution >= 4 is 33.1 Å². The van der Waals surface area contributed by atoms with E-state index in [-0.39, 0.29) is 5.91 Å². The van der Waals surface area contributed by atoms with Gasteiger partial charge in [-0.05, 0) is 43.3 Å². The fourth-order valence-corrected chi connectivity index (χ4v) is 4.17. The summed E-state index contributed by atoms with van der Waals surface area (Å²) in [5, 5.41) is 12.7. The van der Waals surface area contributed by atoms with E-state index in [0.29, 0.717) is 16.4 Å². The van der Waals surface area contributed by atoms with Crippen LogP contribution in [0.2, 0.25) is 0 Å². The van der Waals surface area contributed by atoms with Gasteiger partial charge in [0.1, 0.15) is 4.83 Å². The minimum atomic E-state index is -0.168. The number of nitrogens with zero attached hydrogens (tertiary/aromatic N) is 5. The number of fused-ring (bicyclic) bond motifs is 1. The van der Waals surface area contributed by atoms with Gasteiger partial charge in [0.2, 0.25) is 0 Å². The van der Waals surface area contributed by atoms with Gasteiger partial charge in [0.15, 0.2) is 5.82 Å². The average Bonchev–Trinajstić information content (AvgIpc) is 3.48. The number of thiophene rings is 1. The van der Waals surface area contributed by atoms with Crippen LogP contribution in [0.15, 0.2) is 73.2 Å². The van der Waals surface area contributed by atoms with Crippen molar-refractivity contribution in [1.29, 1.82) is 0 Å². The topological polar surface area (TPSA) is 77.6 Å². The molecule has 4 aromatic heterocycles. The van der Waals surface area contributed by atoms with E-state index in [1.807, 2.05) is 72.4 Å². The zero-order valence-corrected chi connectivity index (χ0v) is 16.3. The number of rotatable bonds is 4. The first kappa shape index (κ1) is 17.3. The van der Waals surface area contributed by atoms with Crippen LogP contribution < -0.4 is 5.32 Å². The number of benzene rings is 1. The molecule has 0 aliphatic rings. The van der Waals surface area contributed by atoms with Crippen molar-refractivity contribution in [2.45, 2.75) is 6.92 Å². The minimum Gasteiger partial charge on any atom is -0.320 e. The predicted molar refractivity (Wildman–Crippen MR) is 113 cm³/mol. The highest BCUT2D eigenvalue weighted by Crippen LogP contribution is 2.30. The number of hydrogen-bond donors (Lipinski definition) is 1. The van der Waals surface area contributed by atoms with Crippen molar-refractivity contribution in [1.82, 2.24) is 24.5 Å². The van der Waals surface area contributed by atoms with Crippen molar-refractivity contribution in [3.8, 4) is 11.5 Å². The Labute approximate surface area is 170 Å². The van der Waals surface area contributed by atoms with Gasteiger partial charge in [-0.1, -0.05) is 18.2 Å². The maximum absolute atomic E-state index is 12.8. The number of amides is 1. The fraction of sp³-hybridized carbons (Fsp3) is 0.0476. The van der Waals surface area contributed by atoms with E-state index >= 15 is 0 Å². The number of aryl methyl sites for hydroxylation is 1. The quantitative estimate of drug-likeness (QED) is 0.490. The first-order valence-corrected chi connectivity index (χ1v) is 9.83. The number of aromatic nitrogens is 5. The molecule has 5 aromatic rings. The Kier molecular flexibility index (Phi) is 4.18. The third kappa shape index (κ3) is 3.19. The molecule has 7 nitrogen and oxygen atoms in total. The van der Waals surface area contributed by atoms with E-state index < -0.39 is 0 Å². The van der Waals surface area contributed by atoms with Crippen molar-refractivity contribution in [2.24, 2.45) is 0 Å². The van der Waals surface area contributed by atoms with E-state index in [9.17, 15) is 4.79 Å². The molecule has 5 rings (SSSR count). The lowest BCUT2D eigenvalue weighted by Crippen LogP contribution is -2.10. The first-order valence-electron chi connectivity index (χ1n) is 9.01. The lowest BCUT2D eigenvalue weighted by Gasteiger charge is -2.05. The van der Waals surface area contributed by atoms with E-state index in [1.165, 1.54) is 11.3 Å². The van der Waals surface area contributed by atoms with Crippen molar-refractivity contribution in [3.05, 3.63) is 83.8 Å². The monoisotopic (exact) mass is 400 g/mol. The third-order valence-electron chi connectivity index (χ3n) is 4.51. The summed E-state index contributed by atoms with van der Waals surface area (Å²) in [5.74, 6) is 0.521. The molecule has 0 fully saturated rings. The van der Waals surface area contributed by atoms with E-state index in [0.717, 1.165) is 21.6 Å². The smallest absolute Gasteiger partial charge is 0.265 e. The summed E-state index contributed by atoms with van der Waals surface area (Å²) in [5.41, 5.74) is 2.49. The number of carbonyl (C=O) groups is 1. The third-order valence-corrected chi connectivity index (χ3v) is 5.62. The van der Waals surface area contributed by atoms with E-state index in [1.54, 1.807) is 17.1 Å². The van der Waals surface area contributed by atoms with Gasteiger partial charge in [-0.2, -0.15) is 10.2 Å². The van der Waals surface area contributed by atoms with Gasteiger partial charge in [0, 0.05) is 17.8 Å². The lowest BCUT2D eigenvalue weighted by molar-refractivity contribution is 0.103. The molecule has 0 saturated heterocycles. The number of para-hydroxylation sites is 1. The summed E-state index contributed by atoms with van der Waals surface area (Å²) in [6, 6.07) is 17.3. The molecule has 1 amide bonds. The molecule has 4 heterocycles. The Morgan fingerprint density at radius 1 is 1.10 bits per heavy atom. The van der Waals surface area contributed by atoms with E-state index in [4.69, 9.17) is 0 Å². The normalized spacial score (nSPS) is 11.1. The lowest BCUT2D eigenvalue weighted by atomic mass is 10.3. The second-order valence-electron chi connectivity index (χ2n) is 6.47. The minimum absolute atomic E-state index is 0.168. The van der Waals surface area contributed by atoms with Crippen LogP contribution in [0.4, 0.5) is 5.69 Å². The Morgan fingerprint density at radius 3 is 2.69 bits per heavy atom. The Bertz CT molecular complexity index is 1290. The molecule has 1 aromatic carbocycles. The highest BCUT2D eigenvalue weighted by atomic mass is 32.1. The zero-order valence-electron chi connectivity index (χ0n) is 15.5. The summed E-state index contributed by atoms with van der Waals surface area (Å²) in [6.07, 6.45) is 5.13. The Balaban J connectivity index is 1.41. The van der Waals surface area contributed by atoms with E-state index in [2.05, 4.69) is 20.5 Å². The van der Waals surface area contributed by atoms with Crippen LogP contribution >= 0.6 is 11.3 Å². The molecule has 0 bridgehead atoms. The second-order valence-corrected chi connectivity index (χ2v) is 7.50. The standard InChI is InChI=1S/C21H16N6OS/c1-14-17-12-18(29-21(17)27(25-14)16-6-3-2-4-7-16)20(28)24-15-8-9-19(22-13-15)26-11-5-10-23-26/h2-13H,1H3,(H,24,28). The average molecular weight is 400 g/mol. The molecule has 0 saturated carbocycles. The number of pyridine rings is 1. The van der Waals surface area contributed by atoms with Crippen molar-refractivity contribution in [3.63, 3.8) is 0 Å². The molecule has 0 aliphatic carbocycles. The summed E-state index contributed by atoms with van der Waals surface area (Å²) < 4.78 is 3.54. The first-order chi connectivity index (χ1) is 14.2. The molecule has 8 heteroatoms. The Hall–Kier alpha value is -3.78. The van der Waals surface area contributed by atoms with Gasteiger partial charge in [-0.3, -0.25) is 4.79 Å². The molecule has 0 unspecified atom stereocenters. The van der Waals surface area contributed by atoms with Crippen LogP contribution in [0, 0.1) is 6.92 Å². The molecule has 0 aliphatic heterocycles. The van der Waals surface area contributed by atoms with Gasteiger partial charge in [-0.15, -0.1) is 11.3 Å². The zero-order chi connectivity index (χ0) is 19.8. The molecule has 0 radical (unpaired) electrons. The number of carbonyl (C=O) groups excluding carboxylic acids is 1. The molecule has 0 spiro atoms. The van der Waals surface area contributed by atoms with Gasteiger partial charge >= 0.3 is 0 Å². The van der Waals surface area contributed by atoms with Gasteiger partial charge in [0.05, 0.1) is 28.1 Å². The van der Waals surface area contributed by atoms with Crippen LogP contribution in [-0.2, 0) is 0 Å². The SMILES string of the molecule is Cc1nn(-c2ccccc2)c2sc(C(=O)Nc3ccc(-n4cccn4)nc3)cc12. The van der Waals surface area contributed by atoms with Crippen LogP contribution in [0.5, 0.6) is 0 Å². The van der Waals surface area contributed by atoms with Crippen LogP contribution in [-0.4, -0.2) is 30.5 Å². The fourth-order valence-electron chi connectivity index (χ4n) is 3.10. The van der Waals surface area contributed by atoms with Gasteiger partial charge in [-0.25, -0.2) is 14.3 Å². The summed E-state index contributed by atoms with van der Waals surface area (Å²) >= 11 is 1.42. The maximum atomic E-state index is 12.8. The molecular formula is C21H16N6OS. The number of nitrogens with one attached hydrogen (secondary N) is 1. The summed E-state index contributed by atoms with van der Waals surface area (Å²) in [4.78, 5) is 18.7. The predicted octanol–water partition coefficient (Wildman–Crippen LogP) is 4.23. The molecule has 1 N–H and O–H groups in total. The number of hydrogen-bond acceptors (Lipinski definition) is 5. The van der Waals surface area contributed by atoms with Crippen LogP contribution in [0.25, 0.3) is 21.7 Å². The van der Waals surface area contributed by atoms with Gasteiger partial charge < -0.3 is 5.32 Å². The van der Waals surface area contributed by atoms with Crippen LogP contribution in [0.3, 0.4) is 0 Å². The van der Waals surface area contributed by atoms with Gasteiger partial charge in [0.25, 0.3) is 5.91 Å². The maximum Gasteiger partial charge on any atom is 0.265 e. The molecular weight excluding hydrogens is 384 g/mol.